The molecular weight excluding hydrogens is 644 g/mol. The van der Waals surface area contributed by atoms with E-state index >= 15 is 0 Å². The van der Waals surface area contributed by atoms with Gasteiger partial charge in [0.15, 0.2) is 0 Å². The number of para-hydroxylation sites is 1. The Morgan fingerprint density at radius 2 is 1.82 bits per heavy atom. The number of nitrogens with zero attached hydrogens (tertiary/aromatic N) is 2. The van der Waals surface area contributed by atoms with E-state index in [0.29, 0.717) is 35.6 Å². The van der Waals surface area contributed by atoms with Crippen molar-refractivity contribution in [1.29, 1.82) is 0 Å². The van der Waals surface area contributed by atoms with Crippen LogP contribution in [0.3, 0.4) is 0 Å². The number of methoxy groups -OCH3 is 1. The van der Waals surface area contributed by atoms with E-state index in [-0.39, 0.29) is 36.4 Å². The first kappa shape index (κ1) is 36.8. The van der Waals surface area contributed by atoms with Crippen LogP contribution in [0.15, 0.2) is 66.7 Å². The molecule has 3 aromatic carbocycles. The average molecular weight is 699 g/mol. The standard InChI is InChI=1S/C41H54N4O6/c1-24-33-19-30(41(33,3)4)20-34(24)43-40(49)37-36(25(2)47)35(23-46)51-45(37)22-27-14-11-15-32(38(27)50-7)28-16-29(18-31(17-28)44(5)6)39(48)42-21-26-12-9-8-10-13-26/h8-18,24-25,30,33-37,46-47H,19-23H2,1-7H3,(H,42,48)(H,43,49)/t24-,25-,30+,33-,34-,35-,36+,37?/m0/s1. The van der Waals surface area contributed by atoms with Crippen LogP contribution in [0.2, 0.25) is 0 Å². The molecule has 4 N–H and O–H groups in total. The molecule has 1 unspecified atom stereocenters. The SMILES string of the molecule is COc1c(CN2O[C@@H](CO)[C@@H]([C@H](C)O)C2C(=O)N[C@H]2C[C@H]3C[C@@H]([C@@H]2C)C3(C)C)cccc1-c1cc(C(=O)NCc2ccccc2)cc(N(C)C)c1. The smallest absolute Gasteiger partial charge is 0.251 e. The number of aliphatic hydroxyl groups excluding tert-OH is 2. The fourth-order valence-corrected chi connectivity index (χ4v) is 8.87. The maximum atomic E-state index is 14.2. The predicted octanol–water partition coefficient (Wildman–Crippen LogP) is 5.02. The van der Waals surface area contributed by atoms with Gasteiger partial charge in [-0.25, -0.2) is 0 Å². The average Bonchev–Trinajstić information content (AvgIpc) is 3.49. The number of ether oxygens (including phenoxy) is 1. The first-order valence-electron chi connectivity index (χ1n) is 18.2. The highest BCUT2D eigenvalue weighted by Crippen LogP contribution is 2.61. The number of hydrogen-bond acceptors (Lipinski definition) is 8. The summed E-state index contributed by atoms with van der Waals surface area (Å²) in [5, 5.41) is 29.2. The van der Waals surface area contributed by atoms with Crippen molar-refractivity contribution >= 4 is 17.5 Å². The highest BCUT2D eigenvalue weighted by molar-refractivity contribution is 5.97. The van der Waals surface area contributed by atoms with Crippen LogP contribution in [0.25, 0.3) is 11.1 Å². The fourth-order valence-electron chi connectivity index (χ4n) is 8.87. The van der Waals surface area contributed by atoms with E-state index in [4.69, 9.17) is 9.57 Å². The summed E-state index contributed by atoms with van der Waals surface area (Å²) in [6.45, 7) is 8.80. The van der Waals surface area contributed by atoms with Crippen molar-refractivity contribution < 1.29 is 29.4 Å². The second-order valence-corrected chi connectivity index (χ2v) is 15.6. The van der Waals surface area contributed by atoms with Crippen molar-refractivity contribution in [2.45, 2.75) is 77.9 Å². The number of amides is 2. The van der Waals surface area contributed by atoms with Gasteiger partial charge in [0, 0.05) is 55.0 Å². The topological polar surface area (TPSA) is 124 Å². The van der Waals surface area contributed by atoms with E-state index in [9.17, 15) is 19.8 Å². The third-order valence-corrected chi connectivity index (χ3v) is 12.0. The van der Waals surface area contributed by atoms with Crippen LogP contribution in [0.1, 0.15) is 62.0 Å². The highest BCUT2D eigenvalue weighted by Gasteiger charge is 2.57. The van der Waals surface area contributed by atoms with Gasteiger partial charge in [-0.3, -0.25) is 14.4 Å². The lowest BCUT2D eigenvalue weighted by Crippen LogP contribution is -2.62. The third kappa shape index (κ3) is 7.24. The Morgan fingerprint density at radius 1 is 1.08 bits per heavy atom. The Kier molecular flexibility index (Phi) is 10.8. The predicted molar refractivity (Wildman–Crippen MR) is 198 cm³/mol. The Morgan fingerprint density at radius 3 is 2.45 bits per heavy atom. The van der Waals surface area contributed by atoms with Gasteiger partial charge in [0.25, 0.3) is 5.91 Å². The number of carbonyl (C=O) groups is 2. The van der Waals surface area contributed by atoms with Crippen LogP contribution in [0.5, 0.6) is 5.75 Å². The first-order valence-corrected chi connectivity index (χ1v) is 18.2. The summed E-state index contributed by atoms with van der Waals surface area (Å²) >= 11 is 0. The zero-order chi connectivity index (χ0) is 36.6. The normalized spacial score (nSPS) is 27.3. The van der Waals surface area contributed by atoms with Crippen molar-refractivity contribution in [2.75, 3.05) is 32.7 Å². The Hall–Kier alpha value is -3.96. The minimum atomic E-state index is -0.896. The Labute approximate surface area is 302 Å². The molecule has 8 atom stereocenters. The largest absolute Gasteiger partial charge is 0.496 e. The van der Waals surface area contributed by atoms with Crippen LogP contribution in [-0.2, 0) is 22.7 Å². The minimum absolute atomic E-state index is 0.0416. The van der Waals surface area contributed by atoms with Gasteiger partial charge in [-0.1, -0.05) is 69.3 Å². The number of benzene rings is 3. The van der Waals surface area contributed by atoms with Crippen molar-refractivity contribution in [3.63, 3.8) is 0 Å². The van der Waals surface area contributed by atoms with Gasteiger partial charge in [0.1, 0.15) is 17.9 Å². The first-order chi connectivity index (χ1) is 24.3. The van der Waals surface area contributed by atoms with E-state index in [1.165, 1.54) is 6.42 Å². The van der Waals surface area contributed by atoms with Gasteiger partial charge in [-0.2, -0.15) is 5.06 Å². The molecule has 10 nitrogen and oxygen atoms in total. The molecule has 3 aromatic rings. The van der Waals surface area contributed by atoms with Crippen molar-refractivity contribution in [3.05, 3.63) is 83.4 Å². The number of nitrogens with one attached hydrogen (secondary N) is 2. The number of hydrogen-bond donors (Lipinski definition) is 4. The molecule has 0 spiro atoms. The lowest BCUT2D eigenvalue weighted by molar-refractivity contribution is -0.183. The zero-order valence-corrected chi connectivity index (χ0v) is 30.9. The molecule has 2 amide bonds. The van der Waals surface area contributed by atoms with E-state index in [1.54, 1.807) is 19.1 Å². The Balaban J connectivity index is 1.28. The molecular formula is C41H54N4O6. The summed E-state index contributed by atoms with van der Waals surface area (Å²) in [4.78, 5) is 35.8. The summed E-state index contributed by atoms with van der Waals surface area (Å²) in [6.07, 6.45) is 0.489. The zero-order valence-electron chi connectivity index (χ0n) is 30.9. The van der Waals surface area contributed by atoms with Crippen molar-refractivity contribution in [1.82, 2.24) is 15.7 Å². The van der Waals surface area contributed by atoms with E-state index in [2.05, 4.69) is 31.4 Å². The molecule has 3 saturated carbocycles. The van der Waals surface area contributed by atoms with Gasteiger partial charge >= 0.3 is 0 Å². The number of anilines is 1. The van der Waals surface area contributed by atoms with Crippen LogP contribution in [0, 0.1) is 29.1 Å². The fraction of sp³-hybridized carbons (Fsp3) is 0.512. The van der Waals surface area contributed by atoms with Crippen LogP contribution >= 0.6 is 0 Å². The summed E-state index contributed by atoms with van der Waals surface area (Å²) < 4.78 is 6.05. The Bertz CT molecular complexity index is 1710. The molecule has 4 fully saturated rings. The molecule has 1 heterocycles. The number of carbonyl (C=O) groups excluding carboxylic acids is 2. The lowest BCUT2D eigenvalue weighted by Gasteiger charge is -2.62. The summed E-state index contributed by atoms with van der Waals surface area (Å²) in [6, 6.07) is 20.5. The number of fused-ring (bicyclic) bond motifs is 2. The van der Waals surface area contributed by atoms with Gasteiger partial charge in [0.05, 0.1) is 26.4 Å². The van der Waals surface area contributed by atoms with Gasteiger partial charge in [-0.05, 0) is 72.3 Å². The quantitative estimate of drug-likeness (QED) is 0.208. The third-order valence-electron chi connectivity index (χ3n) is 12.0. The molecule has 1 aliphatic heterocycles. The monoisotopic (exact) mass is 698 g/mol. The summed E-state index contributed by atoms with van der Waals surface area (Å²) in [5.41, 5.74) is 5.00. The number of aliphatic hydroxyl groups is 2. The van der Waals surface area contributed by atoms with Crippen LogP contribution in [-0.4, -0.2) is 79.2 Å². The minimum Gasteiger partial charge on any atom is -0.496 e. The van der Waals surface area contributed by atoms with E-state index in [0.717, 1.165) is 34.4 Å². The lowest BCUT2D eigenvalue weighted by atomic mass is 9.45. The molecule has 2 bridgehead atoms. The van der Waals surface area contributed by atoms with Crippen molar-refractivity contribution in [2.24, 2.45) is 29.1 Å². The molecule has 1 saturated heterocycles. The second kappa shape index (κ2) is 14.9. The molecule has 3 aliphatic carbocycles. The van der Waals surface area contributed by atoms with Crippen LogP contribution < -0.4 is 20.3 Å². The number of hydroxylamine groups is 2. The molecule has 0 radical (unpaired) electrons. The van der Waals surface area contributed by atoms with Gasteiger partial charge in [0.2, 0.25) is 5.91 Å². The number of rotatable bonds is 12. The summed E-state index contributed by atoms with van der Waals surface area (Å²) in [7, 11) is 5.47. The molecule has 51 heavy (non-hydrogen) atoms. The summed E-state index contributed by atoms with van der Waals surface area (Å²) in [5.74, 6) is 1.02. The molecule has 4 aliphatic rings. The van der Waals surface area contributed by atoms with Gasteiger partial charge < -0.3 is 30.5 Å². The van der Waals surface area contributed by atoms with Gasteiger partial charge in [-0.15, -0.1) is 0 Å². The molecule has 274 valence electrons. The van der Waals surface area contributed by atoms with E-state index in [1.807, 2.05) is 85.7 Å². The van der Waals surface area contributed by atoms with E-state index < -0.39 is 24.2 Å². The van der Waals surface area contributed by atoms with Crippen molar-refractivity contribution in [3.8, 4) is 16.9 Å². The maximum absolute atomic E-state index is 14.2. The van der Waals surface area contributed by atoms with Crippen LogP contribution in [0.4, 0.5) is 5.69 Å². The highest BCUT2D eigenvalue weighted by atomic mass is 16.7. The molecule has 10 heteroatoms. The maximum Gasteiger partial charge on any atom is 0.251 e. The molecule has 0 aromatic heterocycles. The second-order valence-electron chi connectivity index (χ2n) is 15.6. The molecule has 7 rings (SSSR count).